The third-order valence-corrected chi connectivity index (χ3v) is 10.4. The number of nitrogens with zero attached hydrogens (tertiary/aromatic N) is 1. The maximum absolute atomic E-state index is 10.2. The highest BCUT2D eigenvalue weighted by molar-refractivity contribution is 6.74. The molecule has 0 saturated carbocycles. The van der Waals surface area contributed by atoms with Gasteiger partial charge in [-0.25, -0.2) is 0 Å². The Morgan fingerprint density at radius 3 is 1.75 bits per heavy atom. The number of benzene rings is 2. The second-order valence-corrected chi connectivity index (χ2v) is 13.9. The molecule has 0 aliphatic rings. The third kappa shape index (κ3) is 6.85. The van der Waals surface area contributed by atoms with Crippen LogP contribution in [0.4, 0.5) is 0 Å². The Kier molecular flexibility index (Phi) is 8.44. The fourth-order valence-electron chi connectivity index (χ4n) is 3.01. The molecule has 0 aromatic heterocycles. The predicted octanol–water partition coefficient (Wildman–Crippen LogP) is 5.46. The van der Waals surface area contributed by atoms with Crippen LogP contribution in [-0.4, -0.2) is 37.6 Å². The van der Waals surface area contributed by atoms with Crippen molar-refractivity contribution in [3.05, 3.63) is 71.8 Å². The lowest BCUT2D eigenvalue weighted by Crippen LogP contribution is -2.43. The van der Waals surface area contributed by atoms with Gasteiger partial charge in [-0.1, -0.05) is 81.4 Å². The summed E-state index contributed by atoms with van der Waals surface area (Å²) in [6, 6.07) is 21.1. The molecule has 2 aromatic rings. The van der Waals surface area contributed by atoms with Crippen LogP contribution in [0.5, 0.6) is 0 Å². The molecule has 4 heteroatoms. The lowest BCUT2D eigenvalue weighted by Gasteiger charge is -2.37. The van der Waals surface area contributed by atoms with Gasteiger partial charge in [-0.2, -0.15) is 0 Å². The Balaban J connectivity index is 2.07. The fraction of sp³-hybridized carbons (Fsp3) is 0.500. The zero-order valence-corrected chi connectivity index (χ0v) is 19.2. The van der Waals surface area contributed by atoms with Gasteiger partial charge in [0.1, 0.15) is 0 Å². The summed E-state index contributed by atoms with van der Waals surface area (Å²) in [6.45, 7) is 13.8. The van der Waals surface area contributed by atoms with Gasteiger partial charge in [0.25, 0.3) is 0 Å². The Bertz CT molecular complexity index is 641. The van der Waals surface area contributed by atoms with Crippen molar-refractivity contribution in [3.8, 4) is 0 Å². The van der Waals surface area contributed by atoms with Crippen molar-refractivity contribution in [2.45, 2.75) is 64.5 Å². The molecule has 0 bridgehead atoms. The van der Waals surface area contributed by atoms with Crippen molar-refractivity contribution in [2.24, 2.45) is 0 Å². The van der Waals surface area contributed by atoms with Crippen molar-refractivity contribution in [1.29, 1.82) is 0 Å². The van der Waals surface area contributed by atoms with Crippen LogP contribution in [0.15, 0.2) is 60.7 Å². The smallest absolute Gasteiger partial charge is 0.191 e. The molecule has 28 heavy (non-hydrogen) atoms. The second-order valence-electron chi connectivity index (χ2n) is 9.11. The number of aliphatic hydroxyl groups excluding tert-OH is 1. The minimum atomic E-state index is -1.77. The zero-order valence-electron chi connectivity index (χ0n) is 18.2. The van der Waals surface area contributed by atoms with E-state index in [0.29, 0.717) is 6.61 Å². The molecule has 2 rings (SSSR count). The van der Waals surface area contributed by atoms with E-state index in [0.717, 1.165) is 19.5 Å². The standard InChI is InChI=1S/C24H37NO2Si/c1-24(2,3)28(4,5)27-17-16-23(20-26)25(18-21-12-8-6-9-13-21)19-22-14-10-7-11-15-22/h6-15,23,26H,16-20H2,1-5H3/t23-/m1/s1. The first kappa shape index (κ1) is 22.8. The van der Waals surface area contributed by atoms with Gasteiger partial charge in [-0.15, -0.1) is 0 Å². The summed E-state index contributed by atoms with van der Waals surface area (Å²) in [5.41, 5.74) is 2.53. The topological polar surface area (TPSA) is 32.7 Å². The van der Waals surface area contributed by atoms with Crippen molar-refractivity contribution >= 4 is 8.32 Å². The molecule has 2 aromatic carbocycles. The van der Waals surface area contributed by atoms with Gasteiger partial charge < -0.3 is 9.53 Å². The molecule has 0 aliphatic carbocycles. The number of rotatable bonds is 10. The van der Waals surface area contributed by atoms with Gasteiger partial charge in [0.15, 0.2) is 8.32 Å². The lowest BCUT2D eigenvalue weighted by molar-refractivity contribution is 0.0890. The van der Waals surface area contributed by atoms with E-state index in [4.69, 9.17) is 4.43 Å². The summed E-state index contributed by atoms with van der Waals surface area (Å²) >= 11 is 0. The number of hydrogen-bond acceptors (Lipinski definition) is 3. The van der Waals surface area contributed by atoms with E-state index in [1.54, 1.807) is 0 Å². The maximum atomic E-state index is 10.2. The molecule has 0 unspecified atom stereocenters. The Hall–Kier alpha value is -1.46. The zero-order chi connectivity index (χ0) is 20.6. The molecule has 0 fully saturated rings. The van der Waals surface area contributed by atoms with Crippen molar-refractivity contribution in [1.82, 2.24) is 4.90 Å². The van der Waals surface area contributed by atoms with Crippen LogP contribution in [0.3, 0.4) is 0 Å². The SMILES string of the molecule is CC(C)(C)[Si](C)(C)OCC[C@H](CO)N(Cc1ccccc1)Cc1ccccc1. The van der Waals surface area contributed by atoms with E-state index in [1.807, 2.05) is 12.1 Å². The first-order valence-electron chi connectivity index (χ1n) is 10.3. The Morgan fingerprint density at radius 1 is 0.893 bits per heavy atom. The third-order valence-electron chi connectivity index (χ3n) is 5.90. The van der Waals surface area contributed by atoms with Crippen LogP contribution in [0.2, 0.25) is 18.1 Å². The van der Waals surface area contributed by atoms with Gasteiger partial charge in [0, 0.05) is 25.7 Å². The summed E-state index contributed by atoms with van der Waals surface area (Å²) in [4.78, 5) is 2.37. The molecular formula is C24H37NO2Si. The maximum Gasteiger partial charge on any atom is 0.191 e. The predicted molar refractivity (Wildman–Crippen MR) is 121 cm³/mol. The lowest BCUT2D eigenvalue weighted by atomic mass is 10.1. The van der Waals surface area contributed by atoms with Crippen molar-refractivity contribution in [3.63, 3.8) is 0 Å². The molecular weight excluding hydrogens is 362 g/mol. The van der Waals surface area contributed by atoms with E-state index in [-0.39, 0.29) is 17.7 Å². The first-order chi connectivity index (χ1) is 13.2. The number of hydrogen-bond donors (Lipinski definition) is 1. The molecule has 0 aliphatic heterocycles. The molecule has 0 spiro atoms. The summed E-state index contributed by atoms with van der Waals surface area (Å²) in [5.74, 6) is 0. The van der Waals surface area contributed by atoms with E-state index < -0.39 is 8.32 Å². The highest BCUT2D eigenvalue weighted by Crippen LogP contribution is 2.36. The van der Waals surface area contributed by atoms with Gasteiger partial charge in [0.2, 0.25) is 0 Å². The van der Waals surface area contributed by atoms with Crippen LogP contribution >= 0.6 is 0 Å². The summed E-state index contributed by atoms with van der Waals surface area (Å²) in [6.07, 6.45) is 0.836. The molecule has 154 valence electrons. The molecule has 0 amide bonds. The van der Waals surface area contributed by atoms with Crippen LogP contribution in [-0.2, 0) is 17.5 Å². The largest absolute Gasteiger partial charge is 0.417 e. The molecule has 0 saturated heterocycles. The average molecular weight is 400 g/mol. The molecule has 1 atom stereocenters. The summed E-state index contributed by atoms with van der Waals surface area (Å²) in [7, 11) is -1.77. The van der Waals surface area contributed by atoms with Crippen molar-refractivity contribution < 1.29 is 9.53 Å². The highest BCUT2D eigenvalue weighted by Gasteiger charge is 2.37. The van der Waals surface area contributed by atoms with Gasteiger partial charge >= 0.3 is 0 Å². The van der Waals surface area contributed by atoms with Crippen LogP contribution in [0.25, 0.3) is 0 Å². The normalized spacial score (nSPS) is 13.7. The summed E-state index contributed by atoms with van der Waals surface area (Å²) in [5, 5.41) is 10.4. The minimum Gasteiger partial charge on any atom is -0.417 e. The minimum absolute atomic E-state index is 0.0742. The second kappa shape index (κ2) is 10.4. The Labute approximate surface area is 172 Å². The first-order valence-corrected chi connectivity index (χ1v) is 13.2. The highest BCUT2D eigenvalue weighted by atomic mass is 28.4. The van der Waals surface area contributed by atoms with E-state index in [1.165, 1.54) is 11.1 Å². The summed E-state index contributed by atoms with van der Waals surface area (Å²) < 4.78 is 6.38. The molecule has 1 N–H and O–H groups in total. The van der Waals surface area contributed by atoms with E-state index >= 15 is 0 Å². The fourth-order valence-corrected chi connectivity index (χ4v) is 4.07. The monoisotopic (exact) mass is 399 g/mol. The van der Waals surface area contributed by atoms with Crippen LogP contribution in [0.1, 0.15) is 38.3 Å². The number of aliphatic hydroxyl groups is 1. The van der Waals surface area contributed by atoms with E-state index in [2.05, 4.69) is 87.3 Å². The van der Waals surface area contributed by atoms with Crippen molar-refractivity contribution in [2.75, 3.05) is 13.2 Å². The van der Waals surface area contributed by atoms with Gasteiger partial charge in [0.05, 0.1) is 6.61 Å². The molecule has 3 nitrogen and oxygen atoms in total. The van der Waals surface area contributed by atoms with Gasteiger partial charge in [-0.05, 0) is 35.7 Å². The quantitative estimate of drug-likeness (QED) is 0.538. The molecule has 0 heterocycles. The van der Waals surface area contributed by atoms with Gasteiger partial charge in [-0.3, -0.25) is 4.90 Å². The van der Waals surface area contributed by atoms with E-state index in [9.17, 15) is 5.11 Å². The average Bonchev–Trinajstić information content (AvgIpc) is 2.65. The molecule has 0 radical (unpaired) electrons. The Morgan fingerprint density at radius 2 is 1.36 bits per heavy atom. The van der Waals surface area contributed by atoms with Crippen LogP contribution in [0, 0.1) is 0 Å². The van der Waals surface area contributed by atoms with Crippen LogP contribution < -0.4 is 0 Å².